The molecule has 0 saturated heterocycles. The van der Waals surface area contributed by atoms with Crippen molar-refractivity contribution in [2.45, 2.75) is 0 Å². The summed E-state index contributed by atoms with van der Waals surface area (Å²) in [4.78, 5) is 5.99. The molecule has 1 aliphatic rings. The molecule has 1 heterocycles. The quantitative estimate of drug-likeness (QED) is 0.463. The van der Waals surface area contributed by atoms with Crippen molar-refractivity contribution < 1.29 is 0 Å². The van der Waals surface area contributed by atoms with Gasteiger partial charge in [0.1, 0.15) is 6.67 Å². The van der Waals surface area contributed by atoms with Crippen LogP contribution < -0.4 is 0 Å². The molecule has 0 aromatic heterocycles. The van der Waals surface area contributed by atoms with Crippen LogP contribution >= 0.6 is 0 Å². The third-order valence-electron chi connectivity index (χ3n) is 0.967. The summed E-state index contributed by atoms with van der Waals surface area (Å²) < 4.78 is 0. The van der Waals surface area contributed by atoms with Crippen LogP contribution in [0.15, 0.2) is 17.8 Å². The van der Waals surface area contributed by atoms with Crippen LogP contribution in [0.5, 0.6) is 0 Å². The van der Waals surface area contributed by atoms with Gasteiger partial charge in [0.25, 0.3) is 0 Å². The van der Waals surface area contributed by atoms with Gasteiger partial charge >= 0.3 is 0 Å². The lowest BCUT2D eigenvalue weighted by Crippen LogP contribution is -2.11. The largest absolute Gasteiger partial charge is 0.354 e. The van der Waals surface area contributed by atoms with Crippen molar-refractivity contribution in [3.05, 3.63) is 12.8 Å². The van der Waals surface area contributed by atoms with E-state index in [1.807, 2.05) is 11.1 Å². The molecule has 0 radical (unpaired) electrons. The minimum atomic E-state index is 0.795. The van der Waals surface area contributed by atoms with E-state index in [4.69, 9.17) is 0 Å². The van der Waals surface area contributed by atoms with E-state index < -0.39 is 0 Å². The highest BCUT2D eigenvalue weighted by atomic mass is 15.2. The lowest BCUT2D eigenvalue weighted by Gasteiger charge is -2.05. The van der Waals surface area contributed by atoms with Gasteiger partial charge in [-0.3, -0.25) is 4.99 Å². The molecule has 0 fully saturated rings. The van der Waals surface area contributed by atoms with Crippen LogP contribution in [0.4, 0.5) is 0 Å². The minimum Gasteiger partial charge on any atom is -0.354 e. The second kappa shape index (κ2) is 1.78. The first-order valence-corrected chi connectivity index (χ1v) is 2.28. The maximum absolute atomic E-state index is 3.97. The molecule has 0 aromatic carbocycles. The molecule has 7 heavy (non-hydrogen) atoms. The molecule has 0 atom stereocenters. The molecule has 0 bridgehead atoms. The summed E-state index contributed by atoms with van der Waals surface area (Å²) >= 11 is 0. The van der Waals surface area contributed by atoms with Crippen LogP contribution in [0.2, 0.25) is 0 Å². The van der Waals surface area contributed by atoms with Gasteiger partial charge in [-0.2, -0.15) is 0 Å². The van der Waals surface area contributed by atoms with Crippen LogP contribution in [-0.2, 0) is 0 Å². The fourth-order valence-corrected chi connectivity index (χ4v) is 0.515. The third-order valence-corrected chi connectivity index (χ3v) is 0.967. The Labute approximate surface area is 43.2 Å². The van der Waals surface area contributed by atoms with Crippen LogP contribution in [0, 0.1) is 0 Å². The minimum absolute atomic E-state index is 0.795. The van der Waals surface area contributed by atoms with E-state index in [-0.39, 0.29) is 0 Å². The van der Waals surface area contributed by atoms with Crippen LogP contribution in [-0.4, -0.2) is 24.3 Å². The van der Waals surface area contributed by atoms with E-state index in [0.717, 1.165) is 13.2 Å². The van der Waals surface area contributed by atoms with E-state index in [9.17, 15) is 0 Å². The maximum Gasteiger partial charge on any atom is 0.109 e. The van der Waals surface area contributed by atoms with Crippen molar-refractivity contribution in [3.8, 4) is 0 Å². The summed E-state index contributed by atoms with van der Waals surface area (Å²) in [5, 5.41) is 0. The smallest absolute Gasteiger partial charge is 0.109 e. The van der Waals surface area contributed by atoms with Gasteiger partial charge in [0.05, 0.1) is 6.54 Å². The average molecular weight is 96.1 g/mol. The molecule has 0 spiro atoms. The second-order valence-electron chi connectivity index (χ2n) is 1.46. The molecule has 2 nitrogen and oxygen atoms in total. The van der Waals surface area contributed by atoms with Crippen molar-refractivity contribution >= 4 is 6.21 Å². The van der Waals surface area contributed by atoms with Crippen LogP contribution in [0.1, 0.15) is 0 Å². The van der Waals surface area contributed by atoms with E-state index in [0.29, 0.717) is 0 Å². The lowest BCUT2D eigenvalue weighted by molar-refractivity contribution is 0.474. The molecule has 38 valence electrons. The van der Waals surface area contributed by atoms with Gasteiger partial charge in [-0.1, -0.05) is 6.58 Å². The highest BCUT2D eigenvalue weighted by Crippen LogP contribution is 1.91. The van der Waals surface area contributed by atoms with Gasteiger partial charge in [-0.05, 0) is 6.20 Å². The molecule has 0 saturated carbocycles. The van der Waals surface area contributed by atoms with Gasteiger partial charge in [0, 0.05) is 6.21 Å². The Hall–Kier alpha value is -0.790. The maximum atomic E-state index is 3.97. The fourth-order valence-electron chi connectivity index (χ4n) is 0.515. The average Bonchev–Trinajstić information content (AvgIpc) is 2.14. The fraction of sp³-hybridized carbons (Fsp3) is 0.400. The van der Waals surface area contributed by atoms with Crippen molar-refractivity contribution in [1.29, 1.82) is 0 Å². The number of rotatable bonds is 1. The van der Waals surface area contributed by atoms with Crippen LogP contribution in [0.3, 0.4) is 0 Å². The molecule has 0 amide bonds. The van der Waals surface area contributed by atoms with Crippen molar-refractivity contribution in [2.24, 2.45) is 4.99 Å². The lowest BCUT2D eigenvalue weighted by atomic mass is 10.7. The Morgan fingerprint density at radius 1 is 1.86 bits per heavy atom. The zero-order valence-electron chi connectivity index (χ0n) is 4.17. The Morgan fingerprint density at radius 2 is 2.71 bits per heavy atom. The number of nitrogens with zero attached hydrogens (tertiary/aromatic N) is 2. The molecule has 1 aliphatic heterocycles. The van der Waals surface area contributed by atoms with E-state index >= 15 is 0 Å². The summed E-state index contributed by atoms with van der Waals surface area (Å²) in [5.74, 6) is 0. The zero-order valence-corrected chi connectivity index (χ0v) is 4.17. The Kier molecular flexibility index (Phi) is 1.11. The standard InChI is InChI=1S/C5H8N2/c1-2-7-4-3-6-5-7/h2-3H,1,4-5H2. The van der Waals surface area contributed by atoms with Gasteiger partial charge < -0.3 is 4.90 Å². The number of hydrogen-bond donors (Lipinski definition) is 0. The molecule has 0 aliphatic carbocycles. The third kappa shape index (κ3) is 0.796. The first-order chi connectivity index (χ1) is 3.43. The highest BCUT2D eigenvalue weighted by molar-refractivity contribution is 5.61. The zero-order chi connectivity index (χ0) is 5.11. The van der Waals surface area contributed by atoms with E-state index in [2.05, 4.69) is 11.6 Å². The molecule has 1 rings (SSSR count). The Balaban J connectivity index is 2.35. The molecule has 0 unspecified atom stereocenters. The highest BCUT2D eigenvalue weighted by Gasteiger charge is 1.97. The second-order valence-corrected chi connectivity index (χ2v) is 1.46. The first-order valence-electron chi connectivity index (χ1n) is 2.28. The summed E-state index contributed by atoms with van der Waals surface area (Å²) in [6.07, 6.45) is 3.69. The predicted octanol–water partition coefficient (Wildman–Crippen LogP) is 0.474. The molecule has 2 heteroatoms. The van der Waals surface area contributed by atoms with Crippen molar-refractivity contribution in [2.75, 3.05) is 13.2 Å². The molecule has 0 aromatic rings. The molecular formula is C5H8N2. The Morgan fingerprint density at radius 3 is 3.00 bits per heavy atom. The number of aliphatic imine (C=N–C) groups is 1. The predicted molar refractivity (Wildman–Crippen MR) is 30.3 cm³/mol. The van der Waals surface area contributed by atoms with Crippen molar-refractivity contribution in [1.82, 2.24) is 4.90 Å². The topological polar surface area (TPSA) is 15.6 Å². The number of hydrogen-bond acceptors (Lipinski definition) is 2. The van der Waals surface area contributed by atoms with Gasteiger partial charge in [-0.15, -0.1) is 0 Å². The van der Waals surface area contributed by atoms with E-state index in [1.54, 1.807) is 6.20 Å². The first kappa shape index (κ1) is 4.37. The summed E-state index contributed by atoms with van der Waals surface area (Å²) in [6.45, 7) is 5.32. The van der Waals surface area contributed by atoms with Gasteiger partial charge in [0.2, 0.25) is 0 Å². The van der Waals surface area contributed by atoms with Gasteiger partial charge in [-0.25, -0.2) is 0 Å². The molecular weight excluding hydrogens is 88.1 g/mol. The summed E-state index contributed by atoms with van der Waals surface area (Å²) in [6, 6.07) is 0. The summed E-state index contributed by atoms with van der Waals surface area (Å²) in [7, 11) is 0. The SMILES string of the molecule is C=CN1CC=NC1. The Bertz CT molecular complexity index is 88.3. The van der Waals surface area contributed by atoms with Gasteiger partial charge in [0.15, 0.2) is 0 Å². The molecule has 0 N–H and O–H groups in total. The summed E-state index contributed by atoms with van der Waals surface area (Å²) in [5.41, 5.74) is 0. The monoisotopic (exact) mass is 96.1 g/mol. The van der Waals surface area contributed by atoms with Crippen LogP contribution in [0.25, 0.3) is 0 Å². The normalized spacial score (nSPS) is 18.0. The van der Waals surface area contributed by atoms with E-state index in [1.165, 1.54) is 0 Å². The van der Waals surface area contributed by atoms with Crippen molar-refractivity contribution in [3.63, 3.8) is 0 Å².